The zero-order valence-electron chi connectivity index (χ0n) is 10.1. The molecule has 18 heavy (non-hydrogen) atoms. The van der Waals surface area contributed by atoms with Crippen molar-refractivity contribution in [3.63, 3.8) is 0 Å². The summed E-state index contributed by atoms with van der Waals surface area (Å²) in [5.74, 6) is -0.428. The maximum Gasteiger partial charge on any atom is 0.287 e. The fourth-order valence-corrected chi connectivity index (χ4v) is 1.95. The minimum absolute atomic E-state index is 0.177. The smallest absolute Gasteiger partial charge is 0.287 e. The van der Waals surface area contributed by atoms with E-state index < -0.39 is 18.1 Å². The number of hydrogen-bond donors (Lipinski definition) is 2. The van der Waals surface area contributed by atoms with E-state index in [4.69, 9.17) is 4.42 Å². The largest absolute Gasteiger partial charge is 0.459 e. The average Bonchev–Trinajstić information content (AvgIpc) is 2.98. The van der Waals surface area contributed by atoms with Gasteiger partial charge >= 0.3 is 0 Å². The van der Waals surface area contributed by atoms with Crippen molar-refractivity contribution < 1.29 is 19.1 Å². The second-order valence-corrected chi connectivity index (χ2v) is 4.40. The molecule has 1 unspecified atom stereocenters. The molecular weight excluding hydrogens is 236 g/mol. The van der Waals surface area contributed by atoms with Gasteiger partial charge in [-0.25, -0.2) is 0 Å². The van der Waals surface area contributed by atoms with Crippen molar-refractivity contribution in [2.24, 2.45) is 0 Å². The molecule has 1 aliphatic rings. The Kier molecular flexibility index (Phi) is 3.66. The van der Waals surface area contributed by atoms with Gasteiger partial charge in [0.25, 0.3) is 5.91 Å². The molecule has 6 nitrogen and oxygen atoms in total. The number of aliphatic hydroxyl groups excluding tert-OH is 1. The van der Waals surface area contributed by atoms with E-state index in [1.807, 2.05) is 0 Å². The Morgan fingerprint density at radius 1 is 1.61 bits per heavy atom. The monoisotopic (exact) mass is 252 g/mol. The molecule has 2 rings (SSSR count). The lowest BCUT2D eigenvalue weighted by Crippen LogP contribution is -2.46. The van der Waals surface area contributed by atoms with Gasteiger partial charge in [-0.1, -0.05) is 0 Å². The third kappa shape index (κ3) is 2.70. The van der Waals surface area contributed by atoms with Crippen molar-refractivity contribution >= 4 is 11.8 Å². The van der Waals surface area contributed by atoms with Crippen molar-refractivity contribution in [2.75, 3.05) is 13.1 Å². The number of furan rings is 1. The number of amides is 2. The van der Waals surface area contributed by atoms with Crippen LogP contribution in [0.25, 0.3) is 0 Å². The number of aliphatic hydroxyl groups is 1. The van der Waals surface area contributed by atoms with E-state index in [9.17, 15) is 14.7 Å². The highest BCUT2D eigenvalue weighted by Crippen LogP contribution is 2.10. The Bertz CT molecular complexity index is 429. The molecular formula is C12H16N2O4. The van der Waals surface area contributed by atoms with Gasteiger partial charge in [0.05, 0.1) is 12.4 Å². The summed E-state index contributed by atoms with van der Waals surface area (Å²) in [5.41, 5.74) is 0. The van der Waals surface area contributed by atoms with Crippen LogP contribution in [0.15, 0.2) is 22.8 Å². The summed E-state index contributed by atoms with van der Waals surface area (Å²) in [6.45, 7) is 2.48. The Morgan fingerprint density at radius 2 is 2.39 bits per heavy atom. The van der Waals surface area contributed by atoms with Gasteiger partial charge in [0.1, 0.15) is 6.04 Å². The first kappa shape index (κ1) is 12.6. The number of likely N-dealkylation sites (tertiary alicyclic amines) is 1. The zero-order chi connectivity index (χ0) is 13.1. The number of nitrogens with zero attached hydrogens (tertiary/aromatic N) is 1. The molecule has 1 saturated heterocycles. The standard InChI is InChI=1S/C12H16N2O4/c1-8(12(17)14-5-4-9(15)7-14)13-11(16)10-3-2-6-18-10/h2-3,6,8-9,15H,4-5,7H2,1H3,(H,13,16)/t8?,9-/m0/s1. The molecule has 0 aliphatic carbocycles. The predicted molar refractivity (Wildman–Crippen MR) is 62.8 cm³/mol. The van der Waals surface area contributed by atoms with Gasteiger partial charge in [-0.05, 0) is 25.5 Å². The lowest BCUT2D eigenvalue weighted by molar-refractivity contribution is -0.132. The van der Waals surface area contributed by atoms with Gasteiger partial charge in [-0.15, -0.1) is 0 Å². The van der Waals surface area contributed by atoms with Gasteiger partial charge in [0.15, 0.2) is 5.76 Å². The highest BCUT2D eigenvalue weighted by Gasteiger charge is 2.28. The molecule has 98 valence electrons. The molecule has 1 aliphatic heterocycles. The Balaban J connectivity index is 1.89. The minimum Gasteiger partial charge on any atom is -0.459 e. The topological polar surface area (TPSA) is 82.8 Å². The molecule has 1 aromatic heterocycles. The summed E-state index contributed by atoms with van der Waals surface area (Å²) in [5, 5.41) is 11.9. The highest BCUT2D eigenvalue weighted by molar-refractivity contribution is 5.95. The molecule has 0 spiro atoms. The minimum atomic E-state index is -0.632. The lowest BCUT2D eigenvalue weighted by atomic mass is 10.2. The summed E-state index contributed by atoms with van der Waals surface area (Å²) in [7, 11) is 0. The highest BCUT2D eigenvalue weighted by atomic mass is 16.3. The number of carbonyl (C=O) groups is 2. The van der Waals surface area contributed by atoms with Crippen LogP contribution < -0.4 is 5.32 Å². The van der Waals surface area contributed by atoms with Gasteiger partial charge < -0.3 is 19.7 Å². The molecule has 6 heteroatoms. The second kappa shape index (κ2) is 5.22. The first-order valence-electron chi connectivity index (χ1n) is 5.89. The maximum atomic E-state index is 12.0. The summed E-state index contributed by atoms with van der Waals surface area (Å²) < 4.78 is 4.94. The van der Waals surface area contributed by atoms with E-state index in [1.165, 1.54) is 12.3 Å². The second-order valence-electron chi connectivity index (χ2n) is 4.40. The van der Waals surface area contributed by atoms with E-state index in [0.717, 1.165) is 0 Å². The summed E-state index contributed by atoms with van der Waals surface area (Å²) in [6, 6.07) is 2.51. The molecule has 1 fully saturated rings. The molecule has 2 amide bonds. The van der Waals surface area contributed by atoms with Crippen molar-refractivity contribution in [1.82, 2.24) is 10.2 Å². The average molecular weight is 252 g/mol. The van der Waals surface area contributed by atoms with E-state index in [-0.39, 0.29) is 11.7 Å². The first-order valence-corrected chi connectivity index (χ1v) is 5.89. The van der Waals surface area contributed by atoms with Gasteiger partial charge in [-0.2, -0.15) is 0 Å². The first-order chi connectivity index (χ1) is 8.58. The number of carbonyl (C=O) groups excluding carboxylic acids is 2. The molecule has 0 bridgehead atoms. The molecule has 2 N–H and O–H groups in total. The van der Waals surface area contributed by atoms with Crippen LogP contribution in [0.1, 0.15) is 23.9 Å². The van der Waals surface area contributed by atoms with Crippen LogP contribution in [0.4, 0.5) is 0 Å². The van der Waals surface area contributed by atoms with Crippen molar-refractivity contribution in [2.45, 2.75) is 25.5 Å². The fraction of sp³-hybridized carbons (Fsp3) is 0.500. The van der Waals surface area contributed by atoms with Crippen LogP contribution in [0.5, 0.6) is 0 Å². The number of nitrogens with one attached hydrogen (secondary N) is 1. The molecule has 1 aromatic rings. The van der Waals surface area contributed by atoms with Gasteiger partial charge in [-0.3, -0.25) is 9.59 Å². The van der Waals surface area contributed by atoms with E-state index in [0.29, 0.717) is 19.5 Å². The molecule has 0 saturated carbocycles. The third-order valence-corrected chi connectivity index (χ3v) is 2.94. The number of β-amino-alcohol motifs (C(OH)–C–C–N with tert-alkyl or cyclic N) is 1. The maximum absolute atomic E-state index is 12.0. The molecule has 0 aromatic carbocycles. The molecule has 2 heterocycles. The summed E-state index contributed by atoms with van der Waals surface area (Å²) in [6.07, 6.45) is 1.53. The summed E-state index contributed by atoms with van der Waals surface area (Å²) >= 11 is 0. The van der Waals surface area contributed by atoms with Gasteiger partial charge in [0, 0.05) is 13.1 Å². The SMILES string of the molecule is CC(NC(=O)c1ccco1)C(=O)N1CC[C@H](O)C1. The zero-order valence-corrected chi connectivity index (χ0v) is 10.1. The number of hydrogen-bond acceptors (Lipinski definition) is 4. The quantitative estimate of drug-likeness (QED) is 0.792. The van der Waals surface area contributed by atoms with E-state index >= 15 is 0 Å². The van der Waals surface area contributed by atoms with Crippen molar-refractivity contribution in [3.8, 4) is 0 Å². The van der Waals surface area contributed by atoms with Gasteiger partial charge in [0.2, 0.25) is 5.91 Å². The fourth-order valence-electron chi connectivity index (χ4n) is 1.95. The van der Waals surface area contributed by atoms with Crippen LogP contribution in [0.2, 0.25) is 0 Å². The van der Waals surface area contributed by atoms with E-state index in [2.05, 4.69) is 5.32 Å². The van der Waals surface area contributed by atoms with Crippen molar-refractivity contribution in [3.05, 3.63) is 24.2 Å². The third-order valence-electron chi connectivity index (χ3n) is 2.94. The van der Waals surface area contributed by atoms with Crippen LogP contribution in [-0.2, 0) is 4.79 Å². The Morgan fingerprint density at radius 3 is 2.94 bits per heavy atom. The predicted octanol–water partition coefficient (Wildman–Crippen LogP) is -0.00890. The van der Waals surface area contributed by atoms with E-state index in [1.54, 1.807) is 17.9 Å². The normalized spacial score (nSPS) is 20.8. The van der Waals surface area contributed by atoms with Crippen LogP contribution in [0, 0.1) is 0 Å². The van der Waals surface area contributed by atoms with Crippen LogP contribution >= 0.6 is 0 Å². The lowest BCUT2D eigenvalue weighted by Gasteiger charge is -2.20. The Labute approximate surface area is 105 Å². The number of rotatable bonds is 3. The molecule has 0 radical (unpaired) electrons. The molecule has 2 atom stereocenters. The van der Waals surface area contributed by atoms with Crippen LogP contribution in [-0.4, -0.2) is 47.1 Å². The Hall–Kier alpha value is -1.82. The van der Waals surface area contributed by atoms with Crippen LogP contribution in [0.3, 0.4) is 0 Å². The summed E-state index contributed by atoms with van der Waals surface area (Å²) in [4.78, 5) is 25.2. The van der Waals surface area contributed by atoms with Crippen molar-refractivity contribution in [1.29, 1.82) is 0 Å².